The number of rotatable bonds is 7. The first-order valence-corrected chi connectivity index (χ1v) is 5.80. The summed E-state index contributed by atoms with van der Waals surface area (Å²) in [7, 11) is 0. The van der Waals surface area contributed by atoms with Crippen molar-refractivity contribution in [3.05, 3.63) is 12.2 Å². The summed E-state index contributed by atoms with van der Waals surface area (Å²) in [5, 5.41) is 7.45. The van der Waals surface area contributed by atoms with Gasteiger partial charge in [0.25, 0.3) is 0 Å². The second-order valence-electron chi connectivity index (χ2n) is 4.38. The monoisotopic (exact) mass is 226 g/mol. The smallest absolute Gasteiger partial charge is 0.153 e. The molecule has 0 aliphatic rings. The molecule has 0 aromatic carbocycles. The molecule has 5 heteroatoms. The SMILES string of the molecule is CC(C)NCCOCc1ncnn1C(C)C. The van der Waals surface area contributed by atoms with E-state index in [0.717, 1.165) is 12.4 Å². The largest absolute Gasteiger partial charge is 0.372 e. The maximum Gasteiger partial charge on any atom is 0.153 e. The Bertz CT molecular complexity index is 296. The molecule has 0 bridgehead atoms. The number of ether oxygens (including phenoxy) is 1. The Morgan fingerprint density at radius 1 is 1.38 bits per heavy atom. The zero-order valence-corrected chi connectivity index (χ0v) is 10.6. The Morgan fingerprint density at radius 2 is 2.12 bits per heavy atom. The van der Waals surface area contributed by atoms with Crippen molar-refractivity contribution in [1.82, 2.24) is 20.1 Å². The van der Waals surface area contributed by atoms with Gasteiger partial charge in [-0.1, -0.05) is 13.8 Å². The van der Waals surface area contributed by atoms with E-state index in [1.807, 2.05) is 4.68 Å². The standard InChI is InChI=1S/C11H22N4O/c1-9(2)12-5-6-16-7-11-13-8-14-15(11)10(3)4/h8-10,12H,5-7H2,1-4H3. The van der Waals surface area contributed by atoms with Crippen molar-refractivity contribution >= 4 is 0 Å². The third-order valence-corrected chi connectivity index (χ3v) is 2.17. The molecule has 0 radical (unpaired) electrons. The summed E-state index contributed by atoms with van der Waals surface area (Å²) in [5.41, 5.74) is 0. The molecule has 1 aromatic heterocycles. The summed E-state index contributed by atoms with van der Waals surface area (Å²) in [6.07, 6.45) is 1.57. The van der Waals surface area contributed by atoms with Crippen molar-refractivity contribution in [2.45, 2.75) is 46.4 Å². The molecular formula is C11H22N4O. The molecule has 0 fully saturated rings. The van der Waals surface area contributed by atoms with Crippen LogP contribution >= 0.6 is 0 Å². The fourth-order valence-electron chi connectivity index (χ4n) is 1.39. The topological polar surface area (TPSA) is 52.0 Å². The molecule has 0 saturated heterocycles. The highest BCUT2D eigenvalue weighted by atomic mass is 16.5. The third-order valence-electron chi connectivity index (χ3n) is 2.17. The number of hydrogen-bond donors (Lipinski definition) is 1. The Labute approximate surface area is 97.2 Å². The van der Waals surface area contributed by atoms with Crippen molar-refractivity contribution in [1.29, 1.82) is 0 Å². The molecule has 0 aliphatic heterocycles. The minimum atomic E-state index is 0.329. The van der Waals surface area contributed by atoms with Crippen LogP contribution in [0.25, 0.3) is 0 Å². The van der Waals surface area contributed by atoms with Gasteiger partial charge in [0.05, 0.1) is 6.61 Å². The first-order valence-electron chi connectivity index (χ1n) is 5.80. The second-order valence-corrected chi connectivity index (χ2v) is 4.38. The molecule has 0 aliphatic carbocycles. The molecule has 1 heterocycles. The molecule has 1 N–H and O–H groups in total. The van der Waals surface area contributed by atoms with E-state index >= 15 is 0 Å². The molecule has 1 rings (SSSR count). The van der Waals surface area contributed by atoms with Crippen LogP contribution in [0.2, 0.25) is 0 Å². The van der Waals surface area contributed by atoms with Crippen LogP contribution in [-0.2, 0) is 11.3 Å². The summed E-state index contributed by atoms with van der Waals surface area (Å²) in [5.74, 6) is 0.888. The van der Waals surface area contributed by atoms with E-state index < -0.39 is 0 Å². The maximum absolute atomic E-state index is 5.53. The molecule has 1 aromatic rings. The van der Waals surface area contributed by atoms with Gasteiger partial charge in [-0.3, -0.25) is 0 Å². The highest BCUT2D eigenvalue weighted by Crippen LogP contribution is 2.05. The summed E-state index contributed by atoms with van der Waals surface area (Å²) in [6, 6.07) is 0.831. The molecule has 0 unspecified atom stereocenters. The highest BCUT2D eigenvalue weighted by molar-refractivity contribution is 4.83. The predicted molar refractivity (Wildman–Crippen MR) is 63.2 cm³/mol. The van der Waals surface area contributed by atoms with Crippen LogP contribution in [0.3, 0.4) is 0 Å². The first kappa shape index (κ1) is 13.1. The summed E-state index contributed by atoms with van der Waals surface area (Å²) < 4.78 is 7.42. The Morgan fingerprint density at radius 3 is 2.75 bits per heavy atom. The van der Waals surface area contributed by atoms with Crippen LogP contribution in [0.4, 0.5) is 0 Å². The molecule has 0 saturated carbocycles. The normalized spacial score (nSPS) is 11.6. The number of nitrogens with one attached hydrogen (secondary N) is 1. The summed E-state index contributed by atoms with van der Waals surface area (Å²) >= 11 is 0. The van der Waals surface area contributed by atoms with Gasteiger partial charge in [0.15, 0.2) is 5.82 Å². The lowest BCUT2D eigenvalue weighted by Crippen LogP contribution is -2.26. The number of aromatic nitrogens is 3. The lowest BCUT2D eigenvalue weighted by molar-refractivity contribution is 0.112. The van der Waals surface area contributed by atoms with Crippen molar-refractivity contribution in [2.75, 3.05) is 13.2 Å². The minimum Gasteiger partial charge on any atom is -0.372 e. The van der Waals surface area contributed by atoms with Crippen LogP contribution in [-0.4, -0.2) is 34.0 Å². The first-order chi connectivity index (χ1) is 7.61. The number of hydrogen-bond acceptors (Lipinski definition) is 4. The quantitative estimate of drug-likeness (QED) is 0.714. The lowest BCUT2D eigenvalue weighted by atomic mass is 10.4. The number of nitrogens with zero attached hydrogens (tertiary/aromatic N) is 3. The average Bonchev–Trinajstić information content (AvgIpc) is 2.65. The van der Waals surface area contributed by atoms with E-state index in [9.17, 15) is 0 Å². The molecular weight excluding hydrogens is 204 g/mol. The van der Waals surface area contributed by atoms with Gasteiger partial charge in [-0.15, -0.1) is 0 Å². The van der Waals surface area contributed by atoms with Crippen molar-refractivity contribution in [3.63, 3.8) is 0 Å². The summed E-state index contributed by atoms with van der Waals surface area (Å²) in [4.78, 5) is 4.18. The highest BCUT2D eigenvalue weighted by Gasteiger charge is 2.06. The van der Waals surface area contributed by atoms with Crippen LogP contribution in [0, 0.1) is 0 Å². The van der Waals surface area contributed by atoms with Crippen molar-refractivity contribution in [3.8, 4) is 0 Å². The third kappa shape index (κ3) is 4.28. The van der Waals surface area contributed by atoms with Crippen LogP contribution in [0.1, 0.15) is 39.6 Å². The lowest BCUT2D eigenvalue weighted by Gasteiger charge is -2.10. The van der Waals surface area contributed by atoms with Crippen LogP contribution in [0.5, 0.6) is 0 Å². The van der Waals surface area contributed by atoms with Crippen molar-refractivity contribution < 1.29 is 4.74 Å². The molecule has 0 spiro atoms. The van der Waals surface area contributed by atoms with Crippen LogP contribution < -0.4 is 5.32 Å². The average molecular weight is 226 g/mol. The van der Waals surface area contributed by atoms with Gasteiger partial charge in [0.1, 0.15) is 12.9 Å². The van der Waals surface area contributed by atoms with E-state index in [1.54, 1.807) is 6.33 Å². The van der Waals surface area contributed by atoms with Gasteiger partial charge in [0, 0.05) is 18.6 Å². The van der Waals surface area contributed by atoms with Gasteiger partial charge in [-0.25, -0.2) is 9.67 Å². The van der Waals surface area contributed by atoms with Gasteiger partial charge in [0.2, 0.25) is 0 Å². The molecule has 92 valence electrons. The minimum absolute atomic E-state index is 0.329. The Hall–Kier alpha value is -0.940. The van der Waals surface area contributed by atoms with Crippen LogP contribution in [0.15, 0.2) is 6.33 Å². The Balaban J connectivity index is 2.24. The Kier molecular flexibility index (Phi) is 5.42. The molecule has 5 nitrogen and oxygen atoms in total. The molecule has 0 amide bonds. The van der Waals surface area contributed by atoms with E-state index in [2.05, 4.69) is 43.1 Å². The second kappa shape index (κ2) is 6.60. The summed E-state index contributed by atoms with van der Waals surface area (Å²) in [6.45, 7) is 10.5. The van der Waals surface area contributed by atoms with E-state index in [1.165, 1.54) is 0 Å². The van der Waals surface area contributed by atoms with Gasteiger partial charge >= 0.3 is 0 Å². The van der Waals surface area contributed by atoms with Gasteiger partial charge < -0.3 is 10.1 Å². The fraction of sp³-hybridized carbons (Fsp3) is 0.818. The van der Waals surface area contributed by atoms with E-state index in [0.29, 0.717) is 25.3 Å². The fourth-order valence-corrected chi connectivity index (χ4v) is 1.39. The van der Waals surface area contributed by atoms with E-state index in [-0.39, 0.29) is 0 Å². The van der Waals surface area contributed by atoms with Gasteiger partial charge in [-0.2, -0.15) is 5.10 Å². The molecule has 0 atom stereocenters. The zero-order chi connectivity index (χ0) is 12.0. The maximum atomic E-state index is 5.53. The van der Waals surface area contributed by atoms with E-state index in [4.69, 9.17) is 4.74 Å². The van der Waals surface area contributed by atoms with Crippen molar-refractivity contribution in [2.24, 2.45) is 0 Å². The predicted octanol–water partition coefficient (Wildman–Crippen LogP) is 1.37. The van der Waals surface area contributed by atoms with Gasteiger partial charge in [-0.05, 0) is 13.8 Å². The molecule has 16 heavy (non-hydrogen) atoms. The zero-order valence-electron chi connectivity index (χ0n) is 10.6.